The van der Waals surface area contributed by atoms with Gasteiger partial charge in [0.05, 0.1) is 10.6 Å². The smallest absolute Gasteiger partial charge is 0.264 e. The molecule has 0 unspecified atom stereocenters. The van der Waals surface area contributed by atoms with Crippen molar-refractivity contribution >= 4 is 46.2 Å². The maximum absolute atomic E-state index is 13.3. The van der Waals surface area contributed by atoms with Crippen molar-refractivity contribution in [1.82, 2.24) is 9.88 Å². The molecule has 0 spiro atoms. The monoisotopic (exact) mass is 425 g/mol. The van der Waals surface area contributed by atoms with E-state index in [1.54, 1.807) is 24.3 Å². The van der Waals surface area contributed by atoms with Gasteiger partial charge in [0.25, 0.3) is 5.91 Å². The summed E-state index contributed by atoms with van der Waals surface area (Å²) < 4.78 is 15.3. The summed E-state index contributed by atoms with van der Waals surface area (Å²) in [6.07, 6.45) is 1.85. The molecule has 2 aromatic carbocycles. The number of hydrogen-bond donors (Lipinski definition) is 1. The maximum atomic E-state index is 13.3. The molecule has 0 aliphatic carbocycles. The van der Waals surface area contributed by atoms with Crippen LogP contribution in [0.5, 0.6) is 0 Å². The summed E-state index contributed by atoms with van der Waals surface area (Å²) in [6.45, 7) is 3.95. The number of rotatable bonds is 3. The number of benzene rings is 2. The number of aryl methyl sites for hydroxylation is 1. The normalized spacial score (nSPS) is 16.6. The Hall–Kier alpha value is -2.83. The van der Waals surface area contributed by atoms with Crippen molar-refractivity contribution in [2.75, 3.05) is 0 Å². The van der Waals surface area contributed by atoms with Crippen LogP contribution in [-0.4, -0.2) is 15.6 Å². The first-order valence-electron chi connectivity index (χ1n) is 8.91. The van der Waals surface area contributed by atoms with Crippen LogP contribution in [0.1, 0.15) is 17.0 Å². The summed E-state index contributed by atoms with van der Waals surface area (Å²) in [5.41, 5.74) is 4.44. The SMILES string of the molecule is Cc1cc(/C=C2\SC(=Nc3cccc(Cl)c3)NC2=O)c(C)n1-c1ccc(F)cc1. The van der Waals surface area contributed by atoms with Gasteiger partial charge in [-0.2, -0.15) is 0 Å². The highest BCUT2D eigenvalue weighted by atomic mass is 35.5. The largest absolute Gasteiger partial charge is 0.318 e. The number of thioether (sulfide) groups is 1. The number of aliphatic imine (C=N–C) groups is 1. The zero-order valence-corrected chi connectivity index (χ0v) is 17.3. The van der Waals surface area contributed by atoms with Crippen LogP contribution in [0.25, 0.3) is 11.8 Å². The van der Waals surface area contributed by atoms with E-state index >= 15 is 0 Å². The van der Waals surface area contributed by atoms with Crippen LogP contribution in [-0.2, 0) is 4.79 Å². The number of halogens is 2. The predicted octanol–water partition coefficient (Wildman–Crippen LogP) is 5.78. The second-order valence-corrected chi connectivity index (χ2v) is 8.07. The standard InChI is InChI=1S/C22H17ClFN3OS/c1-13-10-15(14(2)27(13)19-8-6-17(24)7-9-19)11-20-21(28)26-22(29-20)25-18-5-3-4-16(23)12-18/h3-12H,1-2H3,(H,25,26,28)/b20-11-. The number of nitrogens with zero attached hydrogens (tertiary/aromatic N) is 2. The summed E-state index contributed by atoms with van der Waals surface area (Å²) in [5, 5.41) is 3.88. The van der Waals surface area contributed by atoms with Gasteiger partial charge >= 0.3 is 0 Å². The van der Waals surface area contributed by atoms with Crippen LogP contribution in [0, 0.1) is 19.7 Å². The summed E-state index contributed by atoms with van der Waals surface area (Å²) in [4.78, 5) is 17.4. The van der Waals surface area contributed by atoms with E-state index in [9.17, 15) is 9.18 Å². The van der Waals surface area contributed by atoms with Crippen molar-refractivity contribution in [2.45, 2.75) is 13.8 Å². The Bertz CT molecular complexity index is 1170. The van der Waals surface area contributed by atoms with Crippen molar-refractivity contribution in [3.05, 3.63) is 87.3 Å². The fourth-order valence-corrected chi connectivity index (χ4v) is 4.22. The van der Waals surface area contributed by atoms with Gasteiger partial charge in [0.1, 0.15) is 5.82 Å². The number of amidine groups is 1. The summed E-state index contributed by atoms with van der Waals surface area (Å²) in [6, 6.07) is 15.5. The van der Waals surface area contributed by atoms with Gasteiger partial charge in [0.15, 0.2) is 5.17 Å². The summed E-state index contributed by atoms with van der Waals surface area (Å²) in [5.74, 6) is -0.466. The molecule has 0 bridgehead atoms. The van der Waals surface area contributed by atoms with Gasteiger partial charge in [-0.05, 0) is 85.8 Å². The molecule has 7 heteroatoms. The highest BCUT2D eigenvalue weighted by molar-refractivity contribution is 8.18. The predicted molar refractivity (Wildman–Crippen MR) is 117 cm³/mol. The highest BCUT2D eigenvalue weighted by Crippen LogP contribution is 2.31. The first-order valence-corrected chi connectivity index (χ1v) is 10.1. The van der Waals surface area contributed by atoms with Gasteiger partial charge in [0, 0.05) is 22.1 Å². The highest BCUT2D eigenvalue weighted by Gasteiger charge is 2.24. The van der Waals surface area contributed by atoms with Gasteiger partial charge in [-0.3, -0.25) is 4.79 Å². The number of hydrogen-bond acceptors (Lipinski definition) is 3. The molecule has 1 fully saturated rings. The molecule has 146 valence electrons. The lowest BCUT2D eigenvalue weighted by Crippen LogP contribution is -2.19. The molecule has 1 aromatic heterocycles. The molecular weight excluding hydrogens is 409 g/mol. The molecular formula is C22H17ClFN3OS. The van der Waals surface area contributed by atoms with Gasteiger partial charge < -0.3 is 9.88 Å². The second-order valence-electron chi connectivity index (χ2n) is 6.60. The average Bonchev–Trinajstić information content (AvgIpc) is 3.15. The Balaban J connectivity index is 1.64. The average molecular weight is 426 g/mol. The molecule has 2 heterocycles. The topological polar surface area (TPSA) is 46.4 Å². The van der Waals surface area contributed by atoms with Crippen molar-refractivity contribution in [1.29, 1.82) is 0 Å². The Morgan fingerprint density at radius 1 is 1.14 bits per heavy atom. The van der Waals surface area contributed by atoms with E-state index in [-0.39, 0.29) is 11.7 Å². The fourth-order valence-electron chi connectivity index (χ4n) is 3.21. The Morgan fingerprint density at radius 2 is 1.90 bits per heavy atom. The minimum absolute atomic E-state index is 0.192. The van der Waals surface area contributed by atoms with Gasteiger partial charge in [0.2, 0.25) is 0 Å². The van der Waals surface area contributed by atoms with E-state index in [0.717, 1.165) is 22.6 Å². The molecule has 1 N–H and O–H groups in total. The molecule has 0 atom stereocenters. The Kier molecular flexibility index (Phi) is 5.30. The van der Waals surface area contributed by atoms with Gasteiger partial charge in [-0.1, -0.05) is 17.7 Å². The Labute approximate surface area is 177 Å². The van der Waals surface area contributed by atoms with Crippen LogP contribution < -0.4 is 5.32 Å². The Morgan fingerprint density at radius 3 is 2.62 bits per heavy atom. The zero-order chi connectivity index (χ0) is 20.5. The number of amides is 1. The maximum Gasteiger partial charge on any atom is 0.264 e. The molecule has 1 saturated heterocycles. The molecule has 0 radical (unpaired) electrons. The first-order chi connectivity index (χ1) is 13.9. The van der Waals surface area contributed by atoms with E-state index in [2.05, 4.69) is 10.3 Å². The first kappa shape index (κ1) is 19.5. The molecule has 3 aromatic rings. The van der Waals surface area contributed by atoms with E-state index in [1.165, 1.54) is 23.9 Å². The third kappa shape index (κ3) is 4.13. The van der Waals surface area contributed by atoms with Crippen LogP contribution in [0.3, 0.4) is 0 Å². The fraction of sp³-hybridized carbons (Fsp3) is 0.0909. The van der Waals surface area contributed by atoms with E-state index in [4.69, 9.17) is 11.6 Å². The van der Waals surface area contributed by atoms with E-state index < -0.39 is 0 Å². The quantitative estimate of drug-likeness (QED) is 0.541. The zero-order valence-electron chi connectivity index (χ0n) is 15.7. The van der Waals surface area contributed by atoms with E-state index in [1.807, 2.05) is 42.7 Å². The third-order valence-electron chi connectivity index (χ3n) is 4.53. The van der Waals surface area contributed by atoms with Gasteiger partial charge in [-0.15, -0.1) is 0 Å². The summed E-state index contributed by atoms with van der Waals surface area (Å²) in [7, 11) is 0. The van der Waals surface area contributed by atoms with Crippen LogP contribution in [0.2, 0.25) is 5.02 Å². The van der Waals surface area contributed by atoms with Crippen molar-refractivity contribution in [3.63, 3.8) is 0 Å². The van der Waals surface area contributed by atoms with Gasteiger partial charge in [-0.25, -0.2) is 9.38 Å². The summed E-state index contributed by atoms with van der Waals surface area (Å²) >= 11 is 7.28. The van der Waals surface area contributed by atoms with E-state index in [0.29, 0.717) is 20.8 Å². The number of carbonyl (C=O) groups excluding carboxylic acids is 1. The van der Waals surface area contributed by atoms with Crippen LogP contribution in [0.4, 0.5) is 10.1 Å². The third-order valence-corrected chi connectivity index (χ3v) is 5.68. The molecule has 0 saturated carbocycles. The number of carbonyl (C=O) groups is 1. The van der Waals surface area contributed by atoms with Crippen molar-refractivity contribution in [2.24, 2.45) is 4.99 Å². The lowest BCUT2D eigenvalue weighted by atomic mass is 10.2. The van der Waals surface area contributed by atoms with Crippen molar-refractivity contribution < 1.29 is 9.18 Å². The second kappa shape index (κ2) is 7.89. The number of nitrogens with one attached hydrogen (secondary N) is 1. The molecule has 1 aliphatic rings. The van der Waals surface area contributed by atoms with Crippen molar-refractivity contribution in [3.8, 4) is 5.69 Å². The molecule has 4 nitrogen and oxygen atoms in total. The molecule has 29 heavy (non-hydrogen) atoms. The minimum atomic E-state index is -0.274. The molecule has 1 amide bonds. The molecule has 1 aliphatic heterocycles. The molecule has 4 rings (SSSR count). The lowest BCUT2D eigenvalue weighted by molar-refractivity contribution is -0.115. The van der Waals surface area contributed by atoms with Crippen LogP contribution >= 0.6 is 23.4 Å². The lowest BCUT2D eigenvalue weighted by Gasteiger charge is -2.09. The van der Waals surface area contributed by atoms with Crippen LogP contribution in [0.15, 0.2) is 64.5 Å². The minimum Gasteiger partial charge on any atom is -0.318 e. The number of aromatic nitrogens is 1.